The van der Waals surface area contributed by atoms with E-state index in [0.29, 0.717) is 22.8 Å². The molecule has 3 rings (SSSR count). The summed E-state index contributed by atoms with van der Waals surface area (Å²) in [4.78, 5) is 4.26. The summed E-state index contributed by atoms with van der Waals surface area (Å²) in [7, 11) is -1.91. The van der Waals surface area contributed by atoms with E-state index >= 15 is 0 Å². The lowest BCUT2D eigenvalue weighted by atomic mass is 10.2. The zero-order chi connectivity index (χ0) is 19.3. The molecule has 0 amide bonds. The summed E-state index contributed by atoms with van der Waals surface area (Å²) in [6, 6.07) is 18.6. The maximum atomic E-state index is 12.5. The fourth-order valence-electron chi connectivity index (χ4n) is 2.33. The average molecular weight is 378 g/mol. The number of benzene rings is 2. The second-order valence-electron chi connectivity index (χ2n) is 5.66. The van der Waals surface area contributed by atoms with Crippen LogP contribution in [0.1, 0.15) is 11.3 Å². The van der Waals surface area contributed by atoms with E-state index in [0.717, 1.165) is 5.69 Å². The lowest BCUT2D eigenvalue weighted by Crippen LogP contribution is -2.13. The van der Waals surface area contributed by atoms with Gasteiger partial charge in [0.2, 0.25) is 0 Å². The van der Waals surface area contributed by atoms with Crippen molar-refractivity contribution in [2.24, 2.45) is 0 Å². The molecule has 136 valence electrons. The minimum atomic E-state index is -3.68. The Kier molecular flexibility index (Phi) is 5.29. The van der Waals surface area contributed by atoms with Gasteiger partial charge in [-0.25, -0.2) is 13.4 Å². The van der Waals surface area contributed by atoms with Gasteiger partial charge in [0.05, 0.1) is 10.6 Å². The highest BCUT2D eigenvalue weighted by molar-refractivity contribution is 7.92. The summed E-state index contributed by atoms with van der Waals surface area (Å²) in [6.45, 7) is 0. The number of nitrogens with one attached hydrogen (secondary N) is 2. The Morgan fingerprint density at radius 3 is 2.33 bits per heavy atom. The van der Waals surface area contributed by atoms with E-state index in [1.54, 1.807) is 55.6 Å². The van der Waals surface area contributed by atoms with Crippen molar-refractivity contribution < 1.29 is 8.42 Å². The van der Waals surface area contributed by atoms with Gasteiger partial charge in [0, 0.05) is 18.3 Å². The largest absolute Gasteiger partial charge is 0.388 e. The highest BCUT2D eigenvalue weighted by atomic mass is 32.2. The van der Waals surface area contributed by atoms with Gasteiger partial charge in [-0.15, -0.1) is 0 Å². The molecule has 1 heterocycles. The Labute approximate surface area is 158 Å². The zero-order valence-electron chi connectivity index (χ0n) is 14.6. The lowest BCUT2D eigenvalue weighted by molar-refractivity contribution is 0.601. The second kappa shape index (κ2) is 7.81. The van der Waals surface area contributed by atoms with Crippen molar-refractivity contribution >= 4 is 27.2 Å². The molecule has 0 saturated carbocycles. The minimum absolute atomic E-state index is 0.157. The quantitative estimate of drug-likeness (QED) is 0.607. The van der Waals surface area contributed by atoms with Crippen molar-refractivity contribution in [3.63, 3.8) is 0 Å². The summed E-state index contributed by atoms with van der Waals surface area (Å²) in [5.74, 6) is 6.24. The molecule has 1 aromatic heterocycles. The highest BCUT2D eigenvalue weighted by Crippen LogP contribution is 2.19. The maximum Gasteiger partial charge on any atom is 0.261 e. The summed E-state index contributed by atoms with van der Waals surface area (Å²) >= 11 is 0. The van der Waals surface area contributed by atoms with Gasteiger partial charge in [-0.1, -0.05) is 18.1 Å². The standard InChI is InChI=1S/C20H18N4O2S/c1-22-17-5-2-6-18(14-17)24-27(25,26)19-12-9-15(10-13-19)8-11-16-4-3-7-20(21)23-16/h2-7,9-10,12-14,22,24H,1H3,(H2,21,23). The Balaban J connectivity index is 1.78. The number of hydrogen-bond acceptors (Lipinski definition) is 5. The molecule has 0 aliphatic carbocycles. The molecule has 27 heavy (non-hydrogen) atoms. The van der Waals surface area contributed by atoms with Crippen LogP contribution in [0.15, 0.2) is 71.6 Å². The van der Waals surface area contributed by atoms with Gasteiger partial charge in [0.15, 0.2) is 0 Å². The Morgan fingerprint density at radius 2 is 1.63 bits per heavy atom. The van der Waals surface area contributed by atoms with Gasteiger partial charge < -0.3 is 11.1 Å². The smallest absolute Gasteiger partial charge is 0.261 e. The number of pyridine rings is 1. The Hall–Kier alpha value is -3.50. The molecule has 0 radical (unpaired) electrons. The molecule has 0 aliphatic rings. The van der Waals surface area contributed by atoms with Gasteiger partial charge in [-0.2, -0.15) is 0 Å². The van der Waals surface area contributed by atoms with Crippen molar-refractivity contribution in [3.8, 4) is 11.8 Å². The van der Waals surface area contributed by atoms with Crippen LogP contribution in [0.3, 0.4) is 0 Å². The predicted octanol–water partition coefficient (Wildman–Crippen LogP) is 2.91. The highest BCUT2D eigenvalue weighted by Gasteiger charge is 2.14. The average Bonchev–Trinajstić information content (AvgIpc) is 2.66. The van der Waals surface area contributed by atoms with E-state index in [4.69, 9.17) is 5.73 Å². The van der Waals surface area contributed by atoms with Crippen molar-refractivity contribution in [1.82, 2.24) is 4.98 Å². The monoisotopic (exact) mass is 378 g/mol. The van der Waals surface area contributed by atoms with Crippen LogP contribution in [0.4, 0.5) is 17.2 Å². The Bertz CT molecular complexity index is 1110. The van der Waals surface area contributed by atoms with Crippen molar-refractivity contribution in [2.45, 2.75) is 4.90 Å². The molecular formula is C20H18N4O2S. The van der Waals surface area contributed by atoms with Crippen LogP contribution in [-0.4, -0.2) is 20.4 Å². The van der Waals surface area contributed by atoms with E-state index in [9.17, 15) is 8.42 Å². The second-order valence-corrected chi connectivity index (χ2v) is 7.34. The van der Waals surface area contributed by atoms with Crippen LogP contribution in [0.2, 0.25) is 0 Å². The van der Waals surface area contributed by atoms with Crippen LogP contribution in [-0.2, 0) is 10.0 Å². The Morgan fingerprint density at radius 1 is 0.926 bits per heavy atom. The third-order valence-corrected chi connectivity index (χ3v) is 5.07. The van der Waals surface area contributed by atoms with Crippen LogP contribution in [0, 0.1) is 11.8 Å². The normalized spacial score (nSPS) is 10.6. The number of hydrogen-bond donors (Lipinski definition) is 3. The van der Waals surface area contributed by atoms with E-state index in [1.165, 1.54) is 12.1 Å². The minimum Gasteiger partial charge on any atom is -0.388 e. The number of sulfonamides is 1. The van der Waals surface area contributed by atoms with Crippen LogP contribution in [0.5, 0.6) is 0 Å². The first-order chi connectivity index (χ1) is 13.0. The molecule has 3 aromatic rings. The van der Waals surface area contributed by atoms with E-state index < -0.39 is 10.0 Å². The lowest BCUT2D eigenvalue weighted by Gasteiger charge is -2.09. The first-order valence-electron chi connectivity index (χ1n) is 8.11. The molecule has 2 aromatic carbocycles. The van der Waals surface area contributed by atoms with Crippen LogP contribution in [0.25, 0.3) is 0 Å². The van der Waals surface area contributed by atoms with E-state index in [2.05, 4.69) is 26.9 Å². The molecule has 4 N–H and O–H groups in total. The number of rotatable bonds is 4. The molecule has 0 bridgehead atoms. The predicted molar refractivity (Wildman–Crippen MR) is 108 cm³/mol. The number of nitrogen functional groups attached to an aromatic ring is 1. The van der Waals surface area contributed by atoms with Crippen LogP contribution < -0.4 is 15.8 Å². The van der Waals surface area contributed by atoms with Crippen molar-refractivity contribution in [2.75, 3.05) is 22.8 Å². The van der Waals surface area contributed by atoms with Gasteiger partial charge in [0.25, 0.3) is 10.0 Å². The van der Waals surface area contributed by atoms with Gasteiger partial charge in [0.1, 0.15) is 11.5 Å². The van der Waals surface area contributed by atoms with Crippen molar-refractivity contribution in [1.29, 1.82) is 0 Å². The molecule has 7 heteroatoms. The maximum absolute atomic E-state index is 12.5. The molecule has 0 unspecified atom stereocenters. The molecule has 6 nitrogen and oxygen atoms in total. The fourth-order valence-corrected chi connectivity index (χ4v) is 3.38. The topological polar surface area (TPSA) is 97.1 Å². The van der Waals surface area contributed by atoms with Gasteiger partial charge in [-0.3, -0.25) is 4.72 Å². The number of aromatic nitrogens is 1. The zero-order valence-corrected chi connectivity index (χ0v) is 15.4. The summed E-state index contributed by atoms with van der Waals surface area (Å²) in [5.41, 5.74) is 8.15. The summed E-state index contributed by atoms with van der Waals surface area (Å²) < 4.78 is 27.6. The van der Waals surface area contributed by atoms with E-state index in [-0.39, 0.29) is 4.90 Å². The summed E-state index contributed by atoms with van der Waals surface area (Å²) in [5, 5.41) is 2.97. The number of nitrogens with two attached hydrogens (primary N) is 1. The van der Waals surface area contributed by atoms with Crippen molar-refractivity contribution in [3.05, 3.63) is 78.0 Å². The first-order valence-corrected chi connectivity index (χ1v) is 9.60. The fraction of sp³-hybridized carbons (Fsp3) is 0.0500. The molecule has 0 atom stereocenters. The van der Waals surface area contributed by atoms with Gasteiger partial charge >= 0.3 is 0 Å². The third kappa shape index (κ3) is 4.77. The number of anilines is 3. The molecule has 0 saturated heterocycles. The van der Waals surface area contributed by atoms with Gasteiger partial charge in [-0.05, 0) is 60.5 Å². The molecule has 0 fully saturated rings. The first kappa shape index (κ1) is 18.3. The van der Waals surface area contributed by atoms with Crippen LogP contribution >= 0.6 is 0 Å². The molecular weight excluding hydrogens is 360 g/mol. The molecule has 0 spiro atoms. The van der Waals surface area contributed by atoms with E-state index in [1.807, 2.05) is 6.07 Å². The summed E-state index contributed by atoms with van der Waals surface area (Å²) in [6.07, 6.45) is 0. The number of nitrogens with zero attached hydrogens (tertiary/aromatic N) is 1. The molecule has 0 aliphatic heterocycles. The SMILES string of the molecule is CNc1cccc(NS(=O)(=O)c2ccc(C#Cc3cccc(N)n3)cc2)c1. The third-order valence-electron chi connectivity index (χ3n) is 3.67.